The number of rotatable bonds is 3. The molecule has 146 valence electrons. The molecule has 2 aromatic rings. The number of thioether (sulfide) groups is 1. The van der Waals surface area contributed by atoms with Crippen molar-refractivity contribution >= 4 is 45.2 Å². The maximum atomic E-state index is 12.9. The summed E-state index contributed by atoms with van der Waals surface area (Å²) in [5.74, 6) is 1.41. The predicted molar refractivity (Wildman–Crippen MR) is 115 cm³/mol. The number of likely N-dealkylation sites (tertiary alicyclic amines) is 1. The molecule has 0 bridgehead atoms. The Bertz CT molecular complexity index is 895. The normalized spacial score (nSPS) is 18.6. The number of hydrogen-bond acceptors (Lipinski definition) is 4. The highest BCUT2D eigenvalue weighted by Gasteiger charge is 2.49. The lowest BCUT2D eigenvalue weighted by Crippen LogP contribution is -2.53. The average Bonchev–Trinajstić information content (AvgIpc) is 3.04. The van der Waals surface area contributed by atoms with Crippen LogP contribution in [0.15, 0.2) is 53.0 Å². The summed E-state index contributed by atoms with van der Waals surface area (Å²) in [6.07, 6.45) is 1.51. The van der Waals surface area contributed by atoms with Gasteiger partial charge in [-0.25, -0.2) is 0 Å². The molecule has 0 atom stereocenters. The maximum Gasteiger partial charge on any atom is 0.255 e. The van der Waals surface area contributed by atoms with Gasteiger partial charge in [-0.05, 0) is 65.2 Å². The summed E-state index contributed by atoms with van der Waals surface area (Å²) in [4.78, 5) is 29.1. The highest BCUT2D eigenvalue weighted by atomic mass is 79.9. The lowest BCUT2D eigenvalue weighted by molar-refractivity contribution is -0.116. The van der Waals surface area contributed by atoms with Gasteiger partial charge in [0.25, 0.3) is 5.91 Å². The molecule has 4 rings (SSSR count). The van der Waals surface area contributed by atoms with Gasteiger partial charge in [-0.3, -0.25) is 14.5 Å². The van der Waals surface area contributed by atoms with Crippen LogP contribution in [-0.2, 0) is 4.79 Å². The fraction of sp³-hybridized carbons (Fsp3) is 0.333. The van der Waals surface area contributed by atoms with Crippen LogP contribution in [0.5, 0.6) is 5.75 Å². The minimum atomic E-state index is -0.281. The Kier molecular flexibility index (Phi) is 5.38. The second kappa shape index (κ2) is 7.79. The van der Waals surface area contributed by atoms with Gasteiger partial charge in [0.2, 0.25) is 5.91 Å². The third kappa shape index (κ3) is 3.42. The molecular weight excluding hydrogens is 440 g/mol. The Balaban J connectivity index is 1.52. The predicted octanol–water partition coefficient (Wildman–Crippen LogP) is 4.17. The molecule has 0 radical (unpaired) electrons. The molecule has 0 N–H and O–H groups in total. The summed E-state index contributed by atoms with van der Waals surface area (Å²) in [6, 6.07) is 15.1. The monoisotopic (exact) mass is 460 g/mol. The van der Waals surface area contributed by atoms with Crippen LogP contribution in [0.2, 0.25) is 0 Å². The molecule has 2 fully saturated rings. The minimum Gasteiger partial charge on any atom is -0.497 e. The lowest BCUT2D eigenvalue weighted by atomic mass is 10.00. The molecule has 7 heteroatoms. The summed E-state index contributed by atoms with van der Waals surface area (Å²) >= 11 is 5.17. The van der Waals surface area contributed by atoms with E-state index in [1.807, 2.05) is 58.3 Å². The molecule has 0 aromatic heterocycles. The number of piperidine rings is 1. The molecule has 2 heterocycles. The second-order valence-electron chi connectivity index (χ2n) is 6.93. The first-order valence-corrected chi connectivity index (χ1v) is 11.0. The van der Waals surface area contributed by atoms with Crippen LogP contribution in [0.1, 0.15) is 23.2 Å². The number of nitrogens with zero attached hydrogens (tertiary/aromatic N) is 2. The summed E-state index contributed by atoms with van der Waals surface area (Å²) in [7, 11) is 1.63. The van der Waals surface area contributed by atoms with Gasteiger partial charge in [-0.2, -0.15) is 0 Å². The number of carbonyl (C=O) groups excluding carboxylic acids is 2. The maximum absolute atomic E-state index is 12.9. The fourth-order valence-electron chi connectivity index (χ4n) is 3.90. The third-order valence-electron chi connectivity index (χ3n) is 5.39. The number of amides is 2. The van der Waals surface area contributed by atoms with Crippen LogP contribution in [0, 0.1) is 0 Å². The number of benzene rings is 2. The van der Waals surface area contributed by atoms with Gasteiger partial charge >= 0.3 is 0 Å². The minimum absolute atomic E-state index is 0.0349. The largest absolute Gasteiger partial charge is 0.497 e. The Morgan fingerprint density at radius 3 is 2.43 bits per heavy atom. The van der Waals surface area contributed by atoms with E-state index in [0.29, 0.717) is 24.4 Å². The average molecular weight is 461 g/mol. The second-order valence-corrected chi connectivity index (χ2v) is 9.13. The van der Waals surface area contributed by atoms with E-state index in [9.17, 15) is 9.59 Å². The van der Waals surface area contributed by atoms with Crippen molar-refractivity contribution in [3.63, 3.8) is 0 Å². The van der Waals surface area contributed by atoms with Crippen molar-refractivity contribution in [3.8, 4) is 5.75 Å². The molecule has 1 spiro atoms. The molecule has 2 saturated heterocycles. The van der Waals surface area contributed by atoms with Crippen molar-refractivity contribution < 1.29 is 14.3 Å². The number of halogens is 1. The fourth-order valence-corrected chi connectivity index (χ4v) is 5.68. The number of ether oxygens (including phenoxy) is 1. The molecule has 2 aliphatic heterocycles. The van der Waals surface area contributed by atoms with E-state index in [1.54, 1.807) is 18.9 Å². The van der Waals surface area contributed by atoms with Gasteiger partial charge in [0.05, 0.1) is 23.3 Å². The van der Waals surface area contributed by atoms with Crippen molar-refractivity contribution in [2.75, 3.05) is 30.9 Å². The summed E-state index contributed by atoms with van der Waals surface area (Å²) in [5, 5.41) is 0. The molecule has 2 amide bonds. The molecule has 5 nitrogen and oxygen atoms in total. The SMILES string of the molecule is COc1ccc(N2C(=O)CSC23CCN(C(=O)c2ccccc2Br)CC3)cc1. The molecular formula is C21H21BrN2O3S. The van der Waals surface area contributed by atoms with Gasteiger partial charge in [-0.15, -0.1) is 11.8 Å². The van der Waals surface area contributed by atoms with Gasteiger partial charge in [-0.1, -0.05) is 12.1 Å². The smallest absolute Gasteiger partial charge is 0.255 e. The zero-order valence-corrected chi connectivity index (χ0v) is 18.0. The van der Waals surface area contributed by atoms with Gasteiger partial charge in [0.15, 0.2) is 0 Å². The molecule has 2 aliphatic rings. The number of hydrogen-bond donors (Lipinski definition) is 0. The molecule has 0 saturated carbocycles. The van der Waals surface area contributed by atoms with E-state index < -0.39 is 0 Å². The highest BCUT2D eigenvalue weighted by molar-refractivity contribution is 9.10. The first-order valence-electron chi connectivity index (χ1n) is 9.19. The van der Waals surface area contributed by atoms with E-state index in [0.717, 1.165) is 28.8 Å². The Morgan fingerprint density at radius 1 is 1.11 bits per heavy atom. The van der Waals surface area contributed by atoms with E-state index in [2.05, 4.69) is 15.9 Å². The summed E-state index contributed by atoms with van der Waals surface area (Å²) in [5.41, 5.74) is 1.57. The molecule has 28 heavy (non-hydrogen) atoms. The van der Waals surface area contributed by atoms with Gasteiger partial charge < -0.3 is 9.64 Å². The molecule has 2 aromatic carbocycles. The Morgan fingerprint density at radius 2 is 1.79 bits per heavy atom. The van der Waals surface area contributed by atoms with Crippen molar-refractivity contribution in [3.05, 3.63) is 58.6 Å². The van der Waals surface area contributed by atoms with Crippen LogP contribution >= 0.6 is 27.7 Å². The van der Waals surface area contributed by atoms with Crippen LogP contribution in [0.4, 0.5) is 5.69 Å². The van der Waals surface area contributed by atoms with E-state index in [-0.39, 0.29) is 16.7 Å². The topological polar surface area (TPSA) is 49.9 Å². The van der Waals surface area contributed by atoms with Gasteiger partial charge in [0.1, 0.15) is 5.75 Å². The van der Waals surface area contributed by atoms with Crippen LogP contribution in [-0.4, -0.2) is 47.5 Å². The zero-order valence-electron chi connectivity index (χ0n) is 15.6. The van der Waals surface area contributed by atoms with E-state index >= 15 is 0 Å². The van der Waals surface area contributed by atoms with Crippen LogP contribution < -0.4 is 9.64 Å². The van der Waals surface area contributed by atoms with Crippen molar-refractivity contribution in [1.29, 1.82) is 0 Å². The molecule has 0 unspecified atom stereocenters. The zero-order chi connectivity index (χ0) is 19.7. The Hall–Kier alpha value is -1.99. The van der Waals surface area contributed by atoms with E-state index in [4.69, 9.17) is 4.74 Å². The number of carbonyl (C=O) groups is 2. The van der Waals surface area contributed by atoms with Crippen molar-refractivity contribution in [1.82, 2.24) is 4.90 Å². The van der Waals surface area contributed by atoms with Crippen molar-refractivity contribution in [2.24, 2.45) is 0 Å². The number of methoxy groups -OCH3 is 1. The third-order valence-corrected chi connectivity index (χ3v) is 7.60. The summed E-state index contributed by atoms with van der Waals surface area (Å²) in [6.45, 7) is 1.26. The quantitative estimate of drug-likeness (QED) is 0.689. The van der Waals surface area contributed by atoms with E-state index in [1.165, 1.54) is 0 Å². The standard InChI is InChI=1S/C21H21BrN2O3S/c1-27-16-8-6-15(7-9-16)24-19(25)14-28-21(24)10-12-23(13-11-21)20(26)17-4-2-3-5-18(17)22/h2-9H,10-14H2,1H3. The Labute approximate surface area is 177 Å². The van der Waals surface area contributed by atoms with Crippen LogP contribution in [0.3, 0.4) is 0 Å². The number of anilines is 1. The summed E-state index contributed by atoms with van der Waals surface area (Å²) < 4.78 is 6.04. The lowest BCUT2D eigenvalue weighted by Gasteiger charge is -2.44. The molecule has 0 aliphatic carbocycles. The first kappa shape index (κ1) is 19.3. The van der Waals surface area contributed by atoms with Crippen molar-refractivity contribution in [2.45, 2.75) is 17.7 Å². The highest BCUT2D eigenvalue weighted by Crippen LogP contribution is 2.47. The van der Waals surface area contributed by atoms with Crippen LogP contribution in [0.25, 0.3) is 0 Å². The first-order chi connectivity index (χ1) is 13.5. The van der Waals surface area contributed by atoms with Gasteiger partial charge in [0, 0.05) is 23.2 Å².